The second-order valence-corrected chi connectivity index (χ2v) is 2.60. The van der Waals surface area contributed by atoms with E-state index in [1.165, 1.54) is 7.05 Å². The van der Waals surface area contributed by atoms with E-state index in [4.69, 9.17) is 5.73 Å². The van der Waals surface area contributed by atoms with Gasteiger partial charge in [-0.1, -0.05) is 5.10 Å². The van der Waals surface area contributed by atoms with E-state index < -0.39 is 11.8 Å². The molecule has 1 heterocycles. The van der Waals surface area contributed by atoms with Gasteiger partial charge in [0.05, 0.1) is 7.05 Å². The predicted octanol–water partition coefficient (Wildman–Crippen LogP) is -2.78. The normalized spacial score (nSPS) is 9.73. The third-order valence-corrected chi connectivity index (χ3v) is 1.37. The van der Waals surface area contributed by atoms with Gasteiger partial charge in [0, 0.05) is 13.1 Å². The first-order valence-electron chi connectivity index (χ1n) is 4.16. The predicted molar refractivity (Wildman–Crippen MR) is 49.5 cm³/mol. The molecule has 0 spiro atoms. The molecule has 0 radical (unpaired) electrons. The van der Waals surface area contributed by atoms with Crippen molar-refractivity contribution < 1.29 is 9.59 Å². The molecule has 2 amide bonds. The van der Waals surface area contributed by atoms with Gasteiger partial charge in [-0.25, -0.2) is 0 Å². The highest BCUT2D eigenvalue weighted by Crippen LogP contribution is 1.91. The summed E-state index contributed by atoms with van der Waals surface area (Å²) >= 11 is 0. The summed E-state index contributed by atoms with van der Waals surface area (Å²) in [5.41, 5.74) is 5.15. The van der Waals surface area contributed by atoms with Crippen molar-refractivity contribution in [1.82, 2.24) is 25.5 Å². The maximum atomic E-state index is 11.1. The van der Waals surface area contributed by atoms with Crippen LogP contribution >= 0.6 is 0 Å². The lowest BCUT2D eigenvalue weighted by atomic mass is 10.5. The van der Waals surface area contributed by atoms with E-state index >= 15 is 0 Å². The van der Waals surface area contributed by atoms with Crippen LogP contribution in [-0.4, -0.2) is 45.1 Å². The number of aryl methyl sites for hydroxylation is 1. The zero-order valence-electron chi connectivity index (χ0n) is 8.10. The maximum absolute atomic E-state index is 11.1. The Morgan fingerprint density at radius 3 is 2.73 bits per heavy atom. The van der Waals surface area contributed by atoms with Crippen molar-refractivity contribution in [3.63, 3.8) is 0 Å². The minimum absolute atomic E-state index is 0.0228. The van der Waals surface area contributed by atoms with Crippen LogP contribution in [-0.2, 0) is 16.6 Å². The first-order valence-corrected chi connectivity index (χ1v) is 4.16. The molecule has 0 saturated heterocycles. The number of rotatable bonds is 3. The average Bonchev–Trinajstić information content (AvgIpc) is 2.60. The Morgan fingerprint density at radius 1 is 1.47 bits per heavy atom. The number of nitrogens with two attached hydrogens (primary N) is 1. The van der Waals surface area contributed by atoms with Gasteiger partial charge in [0.15, 0.2) is 0 Å². The molecular formula is C6H11N7O2. The number of hydrogen-bond donors (Lipinski definition) is 3. The summed E-state index contributed by atoms with van der Waals surface area (Å²) in [4.78, 5) is 23.4. The first kappa shape index (κ1) is 11.0. The molecule has 0 aliphatic rings. The van der Waals surface area contributed by atoms with Crippen molar-refractivity contribution >= 4 is 17.8 Å². The minimum Gasteiger partial charge on any atom is -0.347 e. The summed E-state index contributed by atoms with van der Waals surface area (Å²) < 4.78 is 0. The van der Waals surface area contributed by atoms with E-state index in [1.807, 2.05) is 0 Å². The lowest BCUT2D eigenvalue weighted by Crippen LogP contribution is -2.38. The molecule has 0 bridgehead atoms. The van der Waals surface area contributed by atoms with Crippen LogP contribution in [0.4, 0.5) is 5.95 Å². The highest BCUT2D eigenvalue weighted by atomic mass is 16.2. The molecular weight excluding hydrogens is 202 g/mol. The monoisotopic (exact) mass is 213 g/mol. The van der Waals surface area contributed by atoms with E-state index in [0.29, 0.717) is 0 Å². The summed E-state index contributed by atoms with van der Waals surface area (Å²) in [7, 11) is 1.54. The van der Waals surface area contributed by atoms with Gasteiger partial charge >= 0.3 is 11.8 Å². The SMILES string of the molecule is Cn1nnc(NC(=O)C(=O)NCCN)n1. The van der Waals surface area contributed by atoms with Crippen LogP contribution in [0, 0.1) is 0 Å². The molecule has 82 valence electrons. The van der Waals surface area contributed by atoms with Crippen LogP contribution in [0.3, 0.4) is 0 Å². The van der Waals surface area contributed by atoms with Gasteiger partial charge in [-0.15, -0.1) is 5.10 Å². The zero-order valence-corrected chi connectivity index (χ0v) is 8.10. The van der Waals surface area contributed by atoms with Crippen molar-refractivity contribution in [2.45, 2.75) is 0 Å². The minimum atomic E-state index is -0.851. The summed E-state index contributed by atoms with van der Waals surface area (Å²) in [5, 5.41) is 15.1. The second kappa shape index (κ2) is 5.00. The Balaban J connectivity index is 2.45. The lowest BCUT2D eigenvalue weighted by molar-refractivity contribution is -0.136. The van der Waals surface area contributed by atoms with Gasteiger partial charge in [0.25, 0.3) is 5.95 Å². The van der Waals surface area contributed by atoms with Gasteiger partial charge in [0.1, 0.15) is 0 Å². The third kappa shape index (κ3) is 3.31. The van der Waals surface area contributed by atoms with Crippen LogP contribution < -0.4 is 16.4 Å². The number of carbonyl (C=O) groups is 2. The molecule has 9 heteroatoms. The zero-order chi connectivity index (χ0) is 11.3. The lowest BCUT2D eigenvalue weighted by Gasteiger charge is -2.01. The molecule has 0 aliphatic carbocycles. The average molecular weight is 213 g/mol. The van der Waals surface area contributed by atoms with Crippen LogP contribution in [0.5, 0.6) is 0 Å². The number of nitrogens with one attached hydrogen (secondary N) is 2. The fraction of sp³-hybridized carbons (Fsp3) is 0.500. The number of amides is 2. The second-order valence-electron chi connectivity index (χ2n) is 2.60. The number of nitrogens with zero attached hydrogens (tertiary/aromatic N) is 4. The smallest absolute Gasteiger partial charge is 0.316 e. The van der Waals surface area contributed by atoms with Gasteiger partial charge in [-0.2, -0.15) is 4.80 Å². The third-order valence-electron chi connectivity index (χ3n) is 1.37. The first-order chi connectivity index (χ1) is 7.13. The number of tetrazole rings is 1. The van der Waals surface area contributed by atoms with Crippen LogP contribution in [0.15, 0.2) is 0 Å². The molecule has 0 saturated carbocycles. The number of aromatic nitrogens is 4. The van der Waals surface area contributed by atoms with Crippen molar-refractivity contribution in [2.75, 3.05) is 18.4 Å². The number of anilines is 1. The van der Waals surface area contributed by atoms with E-state index in [1.54, 1.807) is 0 Å². The van der Waals surface area contributed by atoms with Crippen LogP contribution in [0.25, 0.3) is 0 Å². The summed E-state index contributed by atoms with van der Waals surface area (Å²) in [5.74, 6) is -1.66. The molecule has 0 aromatic carbocycles. The molecule has 9 nitrogen and oxygen atoms in total. The largest absolute Gasteiger partial charge is 0.347 e. The van der Waals surface area contributed by atoms with Gasteiger partial charge in [-0.05, 0) is 5.21 Å². The Kier molecular flexibility index (Phi) is 3.68. The highest BCUT2D eigenvalue weighted by molar-refractivity contribution is 6.39. The molecule has 15 heavy (non-hydrogen) atoms. The van der Waals surface area contributed by atoms with Gasteiger partial charge in [0.2, 0.25) is 0 Å². The number of carbonyl (C=O) groups excluding carboxylic acids is 2. The van der Waals surface area contributed by atoms with E-state index in [9.17, 15) is 9.59 Å². The molecule has 0 fully saturated rings. The van der Waals surface area contributed by atoms with Crippen molar-refractivity contribution in [1.29, 1.82) is 0 Å². The van der Waals surface area contributed by atoms with E-state index in [-0.39, 0.29) is 19.0 Å². The highest BCUT2D eigenvalue weighted by Gasteiger charge is 2.14. The Bertz CT molecular complexity index is 360. The Labute approximate surface area is 85.0 Å². The molecule has 4 N–H and O–H groups in total. The van der Waals surface area contributed by atoms with Crippen molar-refractivity contribution in [3.05, 3.63) is 0 Å². The molecule has 0 unspecified atom stereocenters. The topological polar surface area (TPSA) is 128 Å². The molecule has 1 rings (SSSR count). The Hall–Kier alpha value is -2.03. The van der Waals surface area contributed by atoms with Gasteiger partial charge in [-0.3, -0.25) is 14.9 Å². The molecule has 0 atom stereocenters. The Morgan fingerprint density at radius 2 is 2.20 bits per heavy atom. The molecule has 1 aromatic heterocycles. The van der Waals surface area contributed by atoms with Crippen molar-refractivity contribution in [3.8, 4) is 0 Å². The fourth-order valence-electron chi connectivity index (χ4n) is 0.758. The van der Waals surface area contributed by atoms with Gasteiger partial charge < -0.3 is 11.1 Å². The number of hydrogen-bond acceptors (Lipinski definition) is 6. The standard InChI is InChI=1S/C6H11N7O2/c1-13-11-6(10-12-13)9-5(15)4(14)8-3-2-7/h2-3,7H2,1H3,(H,8,14)(H,9,11,15). The van der Waals surface area contributed by atoms with E-state index in [2.05, 4.69) is 26.0 Å². The fourth-order valence-corrected chi connectivity index (χ4v) is 0.758. The molecule has 1 aromatic rings. The summed E-state index contributed by atoms with van der Waals surface area (Å²) in [6, 6.07) is 0. The summed E-state index contributed by atoms with van der Waals surface area (Å²) in [6.45, 7) is 0.503. The van der Waals surface area contributed by atoms with Crippen molar-refractivity contribution in [2.24, 2.45) is 12.8 Å². The summed E-state index contributed by atoms with van der Waals surface area (Å²) in [6.07, 6.45) is 0. The quantitative estimate of drug-likeness (QED) is 0.466. The molecule has 0 aliphatic heterocycles. The maximum Gasteiger partial charge on any atom is 0.316 e. The van der Waals surface area contributed by atoms with E-state index in [0.717, 1.165) is 4.80 Å². The van der Waals surface area contributed by atoms with Crippen LogP contribution in [0.1, 0.15) is 0 Å². The van der Waals surface area contributed by atoms with Crippen LogP contribution in [0.2, 0.25) is 0 Å².